The van der Waals surface area contributed by atoms with Crippen LogP contribution in [0.15, 0.2) is 36.4 Å². The van der Waals surface area contributed by atoms with Crippen molar-refractivity contribution < 1.29 is 13.2 Å². The summed E-state index contributed by atoms with van der Waals surface area (Å²) in [5, 5.41) is 0. The van der Waals surface area contributed by atoms with Gasteiger partial charge in [0.1, 0.15) is 17.5 Å². The summed E-state index contributed by atoms with van der Waals surface area (Å²) in [7, 11) is 0. The van der Waals surface area contributed by atoms with Crippen LogP contribution in [-0.2, 0) is 6.42 Å². The molecule has 20 heavy (non-hydrogen) atoms. The zero-order chi connectivity index (χ0) is 14.7. The number of benzene rings is 2. The van der Waals surface area contributed by atoms with Gasteiger partial charge in [0.15, 0.2) is 0 Å². The maximum absolute atomic E-state index is 13.3. The van der Waals surface area contributed by atoms with E-state index in [1.807, 2.05) is 6.92 Å². The Morgan fingerprint density at radius 3 is 2.25 bits per heavy atom. The fourth-order valence-corrected chi connectivity index (χ4v) is 2.21. The Labute approximate surface area is 115 Å². The molecule has 0 aromatic heterocycles. The molecule has 3 N–H and O–H groups in total. The lowest BCUT2D eigenvalue weighted by Gasteiger charge is -2.19. The van der Waals surface area contributed by atoms with Gasteiger partial charge in [-0.1, -0.05) is 6.07 Å². The van der Waals surface area contributed by atoms with Crippen molar-refractivity contribution in [2.24, 2.45) is 5.84 Å². The van der Waals surface area contributed by atoms with E-state index in [1.54, 1.807) is 6.07 Å². The number of nitrogens with one attached hydrogen (secondary N) is 1. The molecule has 0 fully saturated rings. The van der Waals surface area contributed by atoms with Gasteiger partial charge < -0.3 is 0 Å². The van der Waals surface area contributed by atoms with Crippen molar-refractivity contribution >= 4 is 0 Å². The van der Waals surface area contributed by atoms with Crippen LogP contribution in [0.4, 0.5) is 13.2 Å². The first kappa shape index (κ1) is 14.6. The molecule has 106 valence electrons. The maximum Gasteiger partial charge on any atom is 0.126 e. The van der Waals surface area contributed by atoms with E-state index in [2.05, 4.69) is 5.43 Å². The summed E-state index contributed by atoms with van der Waals surface area (Å²) >= 11 is 0. The molecule has 1 atom stereocenters. The fraction of sp³-hybridized carbons (Fsp3) is 0.200. The molecule has 0 aliphatic heterocycles. The molecular weight excluding hydrogens is 265 g/mol. The Bertz CT molecular complexity index is 594. The number of hydrogen-bond acceptors (Lipinski definition) is 2. The number of hydrazine groups is 1. The minimum absolute atomic E-state index is 0.259. The summed E-state index contributed by atoms with van der Waals surface area (Å²) in [6.45, 7) is 1.82. The van der Waals surface area contributed by atoms with Gasteiger partial charge in [0.05, 0.1) is 6.04 Å². The molecule has 0 saturated carbocycles. The summed E-state index contributed by atoms with van der Waals surface area (Å²) in [5.41, 5.74) is 4.53. The maximum atomic E-state index is 13.3. The van der Waals surface area contributed by atoms with E-state index in [0.717, 1.165) is 11.6 Å². The van der Waals surface area contributed by atoms with Gasteiger partial charge in [-0.15, -0.1) is 0 Å². The largest absolute Gasteiger partial charge is 0.271 e. The fourth-order valence-electron chi connectivity index (χ4n) is 2.21. The highest BCUT2D eigenvalue weighted by molar-refractivity contribution is 5.31. The Morgan fingerprint density at radius 2 is 1.65 bits per heavy atom. The summed E-state index contributed by atoms with van der Waals surface area (Å²) in [5.74, 6) is 3.82. The summed E-state index contributed by atoms with van der Waals surface area (Å²) in [6.07, 6.45) is 0.259. The van der Waals surface area contributed by atoms with Gasteiger partial charge in [-0.25, -0.2) is 13.2 Å². The first-order valence-corrected chi connectivity index (χ1v) is 6.16. The second kappa shape index (κ2) is 6.07. The number of halogens is 3. The number of aryl methyl sites for hydroxylation is 1. The van der Waals surface area contributed by atoms with Crippen molar-refractivity contribution in [1.82, 2.24) is 5.43 Å². The van der Waals surface area contributed by atoms with Crippen LogP contribution in [0, 0.1) is 24.4 Å². The van der Waals surface area contributed by atoms with Gasteiger partial charge in [-0.2, -0.15) is 0 Å². The van der Waals surface area contributed by atoms with Crippen LogP contribution in [0.3, 0.4) is 0 Å². The van der Waals surface area contributed by atoms with Crippen molar-refractivity contribution in [3.63, 3.8) is 0 Å². The van der Waals surface area contributed by atoms with Gasteiger partial charge in [0, 0.05) is 6.07 Å². The zero-order valence-electron chi connectivity index (χ0n) is 11.0. The third-order valence-corrected chi connectivity index (χ3v) is 3.18. The minimum atomic E-state index is -0.647. The van der Waals surface area contributed by atoms with Gasteiger partial charge in [-0.05, 0) is 54.3 Å². The molecule has 0 amide bonds. The molecule has 0 aliphatic carbocycles. The normalized spacial score (nSPS) is 12.4. The van der Waals surface area contributed by atoms with E-state index in [1.165, 1.54) is 24.3 Å². The van der Waals surface area contributed by atoms with Crippen molar-refractivity contribution in [3.05, 3.63) is 70.5 Å². The smallest absolute Gasteiger partial charge is 0.126 e. The van der Waals surface area contributed by atoms with E-state index in [0.29, 0.717) is 11.1 Å². The topological polar surface area (TPSA) is 38.0 Å². The van der Waals surface area contributed by atoms with E-state index < -0.39 is 17.7 Å². The predicted octanol–water partition coefficient (Wildman–Crippen LogP) is 3.16. The standard InChI is InChI=1S/C15H15F3N2/c1-9-2-3-11(16)8-14(9)15(20-19)6-10-4-12(17)7-13(18)5-10/h2-5,7-8,15,20H,6,19H2,1H3. The van der Waals surface area contributed by atoms with Crippen LogP contribution in [0.2, 0.25) is 0 Å². The second-order valence-electron chi connectivity index (χ2n) is 4.70. The first-order chi connectivity index (χ1) is 9.49. The number of nitrogens with two attached hydrogens (primary N) is 1. The summed E-state index contributed by atoms with van der Waals surface area (Å²) in [4.78, 5) is 0. The quantitative estimate of drug-likeness (QED) is 0.667. The molecule has 2 aromatic rings. The highest BCUT2D eigenvalue weighted by atomic mass is 19.1. The molecule has 2 rings (SSSR count). The SMILES string of the molecule is Cc1ccc(F)cc1C(Cc1cc(F)cc(F)c1)NN. The van der Waals surface area contributed by atoms with Crippen LogP contribution in [0.25, 0.3) is 0 Å². The monoisotopic (exact) mass is 280 g/mol. The Hall–Kier alpha value is -1.85. The third-order valence-electron chi connectivity index (χ3n) is 3.18. The van der Waals surface area contributed by atoms with Gasteiger partial charge in [-0.3, -0.25) is 11.3 Å². The highest BCUT2D eigenvalue weighted by Gasteiger charge is 2.15. The Kier molecular flexibility index (Phi) is 4.42. The predicted molar refractivity (Wildman–Crippen MR) is 71.3 cm³/mol. The zero-order valence-corrected chi connectivity index (χ0v) is 11.0. The summed E-state index contributed by atoms with van der Waals surface area (Å²) < 4.78 is 39.7. The lowest BCUT2D eigenvalue weighted by Crippen LogP contribution is -2.30. The second-order valence-corrected chi connectivity index (χ2v) is 4.70. The van der Waals surface area contributed by atoms with Crippen LogP contribution in [0.1, 0.15) is 22.7 Å². The van der Waals surface area contributed by atoms with E-state index in [-0.39, 0.29) is 12.2 Å². The van der Waals surface area contributed by atoms with E-state index in [4.69, 9.17) is 5.84 Å². The van der Waals surface area contributed by atoms with Crippen LogP contribution in [0.5, 0.6) is 0 Å². The molecule has 0 spiro atoms. The Balaban J connectivity index is 2.31. The van der Waals surface area contributed by atoms with Crippen LogP contribution >= 0.6 is 0 Å². The molecule has 2 nitrogen and oxygen atoms in total. The molecule has 1 unspecified atom stereocenters. The molecule has 5 heteroatoms. The van der Waals surface area contributed by atoms with Crippen molar-refractivity contribution in [2.45, 2.75) is 19.4 Å². The van der Waals surface area contributed by atoms with Gasteiger partial charge in [0.2, 0.25) is 0 Å². The van der Waals surface area contributed by atoms with Crippen molar-refractivity contribution in [2.75, 3.05) is 0 Å². The average Bonchev–Trinajstić information content (AvgIpc) is 2.38. The molecule has 0 aliphatic rings. The van der Waals surface area contributed by atoms with Gasteiger partial charge >= 0.3 is 0 Å². The highest BCUT2D eigenvalue weighted by Crippen LogP contribution is 2.23. The molecule has 0 heterocycles. The van der Waals surface area contributed by atoms with Crippen LogP contribution < -0.4 is 11.3 Å². The third kappa shape index (κ3) is 3.37. The first-order valence-electron chi connectivity index (χ1n) is 6.16. The summed E-state index contributed by atoms with van der Waals surface area (Å²) in [6, 6.07) is 7.23. The van der Waals surface area contributed by atoms with Gasteiger partial charge in [0.25, 0.3) is 0 Å². The molecule has 0 radical (unpaired) electrons. The van der Waals surface area contributed by atoms with E-state index >= 15 is 0 Å². The molecule has 2 aromatic carbocycles. The van der Waals surface area contributed by atoms with Crippen molar-refractivity contribution in [1.29, 1.82) is 0 Å². The lowest BCUT2D eigenvalue weighted by atomic mass is 9.95. The molecule has 0 bridgehead atoms. The van der Waals surface area contributed by atoms with Crippen LogP contribution in [-0.4, -0.2) is 0 Å². The minimum Gasteiger partial charge on any atom is -0.271 e. The molecular formula is C15H15F3N2. The lowest BCUT2D eigenvalue weighted by molar-refractivity contribution is 0.532. The average molecular weight is 280 g/mol. The molecule has 0 saturated heterocycles. The van der Waals surface area contributed by atoms with E-state index in [9.17, 15) is 13.2 Å². The Morgan fingerprint density at radius 1 is 1.00 bits per heavy atom. The number of rotatable bonds is 4. The van der Waals surface area contributed by atoms with Crippen molar-refractivity contribution in [3.8, 4) is 0 Å². The number of hydrogen-bond donors (Lipinski definition) is 2.